The quantitative estimate of drug-likeness (QED) is 0.740. The maximum atomic E-state index is 12.0. The van der Waals surface area contributed by atoms with E-state index in [4.69, 9.17) is 0 Å². The van der Waals surface area contributed by atoms with E-state index in [1.165, 1.54) is 0 Å². The van der Waals surface area contributed by atoms with Crippen molar-refractivity contribution in [3.8, 4) is 0 Å². The summed E-state index contributed by atoms with van der Waals surface area (Å²) < 4.78 is 12.0. The minimum absolute atomic E-state index is 0.856. The van der Waals surface area contributed by atoms with Crippen LogP contribution in [0.3, 0.4) is 0 Å². The van der Waals surface area contributed by atoms with Crippen LogP contribution in [0.1, 0.15) is 26.7 Å². The second kappa shape index (κ2) is 5.76. The van der Waals surface area contributed by atoms with Crippen molar-refractivity contribution in [2.24, 2.45) is 0 Å². The molecule has 14 heavy (non-hydrogen) atoms. The molecule has 0 radical (unpaired) electrons. The summed E-state index contributed by atoms with van der Waals surface area (Å²) >= 11 is 0. The molecule has 1 atom stereocenters. The van der Waals surface area contributed by atoms with E-state index in [1.807, 2.05) is 37.3 Å². The Morgan fingerprint density at radius 3 is 2.43 bits per heavy atom. The van der Waals surface area contributed by atoms with E-state index in [2.05, 4.69) is 13.0 Å². The van der Waals surface area contributed by atoms with Crippen molar-refractivity contribution in [2.75, 3.05) is 0 Å². The molecule has 1 nitrogen and oxygen atoms in total. The molecule has 0 spiro atoms. The van der Waals surface area contributed by atoms with Gasteiger partial charge in [0.15, 0.2) is 0 Å². The zero-order chi connectivity index (χ0) is 10.4. The number of allylic oxidation sites excluding steroid dienone is 2. The molecule has 0 aliphatic heterocycles. The van der Waals surface area contributed by atoms with Crippen molar-refractivity contribution in [3.63, 3.8) is 0 Å². The van der Waals surface area contributed by atoms with Gasteiger partial charge >= 0.3 is 0 Å². The Balaban J connectivity index is 2.90. The van der Waals surface area contributed by atoms with Gasteiger partial charge < -0.3 is 0 Å². The Labute approximate surface area is 88.3 Å². The molecule has 0 amide bonds. The summed E-state index contributed by atoms with van der Waals surface area (Å²) in [4.78, 5) is 1.92. The minimum atomic E-state index is -0.960. The first-order valence-corrected chi connectivity index (χ1v) is 6.10. The van der Waals surface area contributed by atoms with Crippen molar-refractivity contribution in [3.05, 3.63) is 41.3 Å². The second-order valence-corrected chi connectivity index (χ2v) is 4.55. The summed E-state index contributed by atoms with van der Waals surface area (Å²) in [7, 11) is -0.960. The maximum absolute atomic E-state index is 12.0. The molecular formula is C12H16OS. The predicted molar refractivity (Wildman–Crippen MR) is 61.5 cm³/mol. The van der Waals surface area contributed by atoms with Gasteiger partial charge in [-0.25, -0.2) is 4.21 Å². The van der Waals surface area contributed by atoms with Crippen LogP contribution in [-0.2, 0) is 10.8 Å². The Morgan fingerprint density at radius 2 is 1.93 bits per heavy atom. The van der Waals surface area contributed by atoms with Crippen LogP contribution in [0.2, 0.25) is 0 Å². The van der Waals surface area contributed by atoms with E-state index in [1.54, 1.807) is 0 Å². The van der Waals surface area contributed by atoms with E-state index < -0.39 is 10.8 Å². The second-order valence-electron chi connectivity index (χ2n) is 3.01. The topological polar surface area (TPSA) is 17.1 Å². The highest BCUT2D eigenvalue weighted by Gasteiger charge is 2.06. The molecule has 2 heteroatoms. The number of rotatable bonds is 4. The Morgan fingerprint density at radius 1 is 1.29 bits per heavy atom. The first kappa shape index (κ1) is 11.2. The molecule has 0 aliphatic carbocycles. The molecule has 0 aliphatic rings. The molecule has 0 fully saturated rings. The van der Waals surface area contributed by atoms with Gasteiger partial charge in [-0.15, -0.1) is 0 Å². The zero-order valence-electron chi connectivity index (χ0n) is 8.69. The molecule has 0 bridgehead atoms. The van der Waals surface area contributed by atoms with Gasteiger partial charge in [-0.2, -0.15) is 0 Å². The zero-order valence-corrected chi connectivity index (χ0v) is 9.51. The van der Waals surface area contributed by atoms with Crippen molar-refractivity contribution in [1.82, 2.24) is 0 Å². The summed E-state index contributed by atoms with van der Waals surface area (Å²) in [6, 6.07) is 9.61. The van der Waals surface area contributed by atoms with Gasteiger partial charge in [0.05, 0.1) is 10.8 Å². The first-order chi connectivity index (χ1) is 6.79. The van der Waals surface area contributed by atoms with E-state index in [0.717, 1.165) is 22.6 Å². The van der Waals surface area contributed by atoms with Gasteiger partial charge in [0.2, 0.25) is 0 Å². The third kappa shape index (κ3) is 2.81. The van der Waals surface area contributed by atoms with Gasteiger partial charge in [0, 0.05) is 9.80 Å². The lowest BCUT2D eigenvalue weighted by atomic mass is 10.3. The van der Waals surface area contributed by atoms with Crippen LogP contribution in [0, 0.1) is 0 Å². The molecule has 0 N–H and O–H groups in total. The molecule has 0 aromatic heterocycles. The normalized spacial score (nSPS) is 14.0. The fourth-order valence-electron chi connectivity index (χ4n) is 1.27. The maximum Gasteiger partial charge on any atom is 0.0804 e. The van der Waals surface area contributed by atoms with Crippen LogP contribution < -0.4 is 0 Å². The van der Waals surface area contributed by atoms with E-state index in [9.17, 15) is 4.21 Å². The lowest BCUT2D eigenvalue weighted by Crippen LogP contribution is -1.94. The van der Waals surface area contributed by atoms with Gasteiger partial charge in [0.25, 0.3) is 0 Å². The lowest BCUT2D eigenvalue weighted by Gasteiger charge is -2.04. The summed E-state index contributed by atoms with van der Waals surface area (Å²) in [5.41, 5.74) is 0. The number of benzene rings is 1. The molecule has 1 aromatic carbocycles. The van der Waals surface area contributed by atoms with Crippen molar-refractivity contribution < 1.29 is 4.21 Å². The van der Waals surface area contributed by atoms with Crippen LogP contribution in [-0.4, -0.2) is 4.21 Å². The van der Waals surface area contributed by atoms with Crippen LogP contribution in [0.25, 0.3) is 0 Å². The fraction of sp³-hybridized carbons (Fsp3) is 0.333. The number of hydrogen-bond acceptors (Lipinski definition) is 1. The summed E-state index contributed by atoms with van der Waals surface area (Å²) in [6.45, 7) is 4.11. The van der Waals surface area contributed by atoms with Crippen molar-refractivity contribution in [2.45, 2.75) is 31.6 Å². The van der Waals surface area contributed by atoms with Gasteiger partial charge in [-0.05, 0) is 25.0 Å². The third-order valence-electron chi connectivity index (χ3n) is 1.98. The van der Waals surface area contributed by atoms with E-state index >= 15 is 0 Å². The summed E-state index contributed by atoms with van der Waals surface area (Å²) in [5.74, 6) is 0. The molecular weight excluding hydrogens is 192 g/mol. The lowest BCUT2D eigenvalue weighted by molar-refractivity contribution is 0.685. The molecule has 1 aromatic rings. The van der Waals surface area contributed by atoms with Crippen molar-refractivity contribution in [1.29, 1.82) is 0 Å². The van der Waals surface area contributed by atoms with Crippen LogP contribution in [0.4, 0.5) is 0 Å². The smallest absolute Gasteiger partial charge is 0.0804 e. The Bertz CT molecular complexity index is 327. The molecule has 1 rings (SSSR count). The van der Waals surface area contributed by atoms with Crippen molar-refractivity contribution >= 4 is 10.8 Å². The molecule has 0 saturated heterocycles. The molecule has 76 valence electrons. The third-order valence-corrected chi connectivity index (χ3v) is 3.61. The van der Waals surface area contributed by atoms with Gasteiger partial charge in [-0.1, -0.05) is 38.1 Å². The predicted octanol–water partition coefficient (Wildman–Crippen LogP) is 3.50. The van der Waals surface area contributed by atoms with Crippen LogP contribution in [0.5, 0.6) is 0 Å². The Hall–Kier alpha value is -0.890. The SMILES string of the molecule is CC/C=C(\CC)S(=O)c1ccccc1. The van der Waals surface area contributed by atoms with Gasteiger partial charge in [-0.3, -0.25) is 0 Å². The average Bonchev–Trinajstić information content (AvgIpc) is 2.26. The van der Waals surface area contributed by atoms with Crippen LogP contribution in [0.15, 0.2) is 46.2 Å². The Kier molecular flexibility index (Phi) is 4.60. The fourth-order valence-corrected chi connectivity index (χ4v) is 2.56. The highest BCUT2D eigenvalue weighted by molar-refractivity contribution is 7.89. The average molecular weight is 208 g/mol. The molecule has 0 heterocycles. The van der Waals surface area contributed by atoms with E-state index in [-0.39, 0.29) is 0 Å². The first-order valence-electron chi connectivity index (χ1n) is 4.95. The molecule has 1 unspecified atom stereocenters. The number of hydrogen-bond donors (Lipinski definition) is 0. The molecule has 0 saturated carbocycles. The van der Waals surface area contributed by atoms with E-state index in [0.29, 0.717) is 0 Å². The van der Waals surface area contributed by atoms with Gasteiger partial charge in [0.1, 0.15) is 0 Å². The monoisotopic (exact) mass is 208 g/mol. The standard InChI is InChI=1S/C12H16OS/c1-3-8-11(4-2)14(13)12-9-6-5-7-10-12/h5-10H,3-4H2,1-2H3/b11-8+. The largest absolute Gasteiger partial charge is 0.249 e. The summed E-state index contributed by atoms with van der Waals surface area (Å²) in [6.07, 6.45) is 3.86. The summed E-state index contributed by atoms with van der Waals surface area (Å²) in [5, 5.41) is 0. The highest BCUT2D eigenvalue weighted by Crippen LogP contribution is 2.16. The van der Waals surface area contributed by atoms with Crippen LogP contribution >= 0.6 is 0 Å². The minimum Gasteiger partial charge on any atom is -0.249 e. The highest BCUT2D eigenvalue weighted by atomic mass is 32.2.